The van der Waals surface area contributed by atoms with Gasteiger partial charge in [0, 0.05) is 0 Å². The molecule has 34 heavy (non-hydrogen) atoms. The van der Waals surface area contributed by atoms with Crippen molar-refractivity contribution in [3.05, 3.63) is 121 Å². The SMILES string of the molecule is IP(I)(CCCCP(I)(I)(c1ccccc1)c1ccccc1)(c1ccccc1)c1ccccc1. The van der Waals surface area contributed by atoms with Gasteiger partial charge in [-0.05, 0) is 0 Å². The van der Waals surface area contributed by atoms with Crippen molar-refractivity contribution < 1.29 is 0 Å². The summed E-state index contributed by atoms with van der Waals surface area (Å²) < 4.78 is -4.66. The first-order valence-electron chi connectivity index (χ1n) is 11.3. The van der Waals surface area contributed by atoms with Crippen molar-refractivity contribution in [2.24, 2.45) is 0 Å². The van der Waals surface area contributed by atoms with Crippen molar-refractivity contribution in [2.45, 2.75) is 12.8 Å². The fraction of sp³-hybridized carbons (Fsp3) is 0.143. The number of rotatable bonds is 9. The molecule has 0 saturated heterocycles. The summed E-state index contributed by atoms with van der Waals surface area (Å²) in [6, 6.07) is 44.9. The number of hydrogen-bond acceptors (Lipinski definition) is 0. The van der Waals surface area contributed by atoms with E-state index in [2.05, 4.69) is 209 Å². The van der Waals surface area contributed by atoms with E-state index in [1.54, 1.807) is 0 Å². The topological polar surface area (TPSA) is 0 Å². The summed E-state index contributed by atoms with van der Waals surface area (Å²) in [5, 5.41) is 5.98. The van der Waals surface area contributed by atoms with Gasteiger partial charge >= 0.3 is 260 Å². The van der Waals surface area contributed by atoms with Crippen LogP contribution in [-0.2, 0) is 0 Å². The van der Waals surface area contributed by atoms with E-state index in [4.69, 9.17) is 0 Å². The molecule has 0 nitrogen and oxygen atoms in total. The van der Waals surface area contributed by atoms with Gasteiger partial charge in [0.15, 0.2) is 0 Å². The van der Waals surface area contributed by atoms with Crippen molar-refractivity contribution in [2.75, 3.05) is 12.3 Å². The summed E-state index contributed by atoms with van der Waals surface area (Å²) in [6.07, 6.45) is 4.86. The Morgan fingerprint density at radius 2 is 0.559 bits per heavy atom. The van der Waals surface area contributed by atoms with Crippen LogP contribution in [-0.4, -0.2) is 12.3 Å². The molecule has 0 spiro atoms. The Hall–Kier alpha value is 0.660. The molecule has 4 rings (SSSR count). The molecule has 0 N–H and O–H groups in total. The van der Waals surface area contributed by atoms with Gasteiger partial charge in [0.25, 0.3) is 0 Å². The minimum atomic E-state index is -2.33. The summed E-state index contributed by atoms with van der Waals surface area (Å²) in [5.41, 5.74) is 0. The third-order valence-corrected chi connectivity index (χ3v) is 33.0. The number of halogens is 4. The molecule has 0 atom stereocenters. The van der Waals surface area contributed by atoms with Crippen LogP contribution in [0.1, 0.15) is 12.8 Å². The normalized spacial score (nSPS) is 14.5. The quantitative estimate of drug-likeness (QED) is 0.0892. The van der Waals surface area contributed by atoms with Gasteiger partial charge in [-0.3, -0.25) is 0 Å². The fourth-order valence-corrected chi connectivity index (χ4v) is 22.5. The van der Waals surface area contributed by atoms with Gasteiger partial charge in [-0.1, -0.05) is 0 Å². The Bertz CT molecular complexity index is 1030. The van der Waals surface area contributed by atoms with E-state index in [0.717, 1.165) is 0 Å². The van der Waals surface area contributed by atoms with E-state index in [0.29, 0.717) is 0 Å². The maximum atomic E-state index is 2.85. The summed E-state index contributed by atoms with van der Waals surface area (Å²) >= 11 is 11.4. The summed E-state index contributed by atoms with van der Waals surface area (Å²) in [4.78, 5) is 0. The van der Waals surface area contributed by atoms with Crippen LogP contribution in [0.4, 0.5) is 0 Å². The van der Waals surface area contributed by atoms with E-state index in [9.17, 15) is 0 Å². The second kappa shape index (κ2) is 11.2. The molecule has 0 saturated carbocycles. The second-order valence-corrected chi connectivity index (χ2v) is 52.5. The Balaban J connectivity index is 1.63. The molecule has 0 heterocycles. The Kier molecular flexibility index (Phi) is 9.11. The molecule has 4 aromatic carbocycles. The molecule has 4 aromatic rings. The molecular formula is C28H28I4P2. The first-order valence-corrected chi connectivity index (χ1v) is 27.3. The number of benzene rings is 4. The third kappa shape index (κ3) is 5.72. The molecule has 0 fully saturated rings. The standard InChI is InChI=1S/C28H28I4P2/c29-33(30,25-15-5-1-6-16-25,26-17-7-2-8-18-26)23-13-14-24-34(31,32,27-19-9-3-10-20-27)28-21-11-4-12-22-28/h1-12,15-22H,13-14,23-24H2. The molecule has 0 aliphatic rings. The molecule has 0 amide bonds. The summed E-state index contributed by atoms with van der Waals surface area (Å²) in [7, 11) is 0. The Labute approximate surface area is 256 Å². The van der Waals surface area contributed by atoms with Crippen LogP contribution in [0.15, 0.2) is 121 Å². The van der Waals surface area contributed by atoms with E-state index < -0.39 is 3.78 Å². The zero-order valence-electron chi connectivity index (χ0n) is 18.8. The van der Waals surface area contributed by atoms with Crippen LogP contribution in [0.3, 0.4) is 0 Å². The van der Waals surface area contributed by atoms with Gasteiger partial charge in [-0.25, -0.2) is 0 Å². The zero-order chi connectivity index (χ0) is 24.2. The average Bonchev–Trinajstić information content (AvgIpc) is 2.89. The van der Waals surface area contributed by atoms with Crippen LogP contribution in [0.25, 0.3) is 0 Å². The van der Waals surface area contributed by atoms with Gasteiger partial charge in [-0.2, -0.15) is 0 Å². The van der Waals surface area contributed by atoms with Crippen LogP contribution in [0.2, 0.25) is 0 Å². The van der Waals surface area contributed by atoms with Crippen molar-refractivity contribution in [1.29, 1.82) is 0 Å². The van der Waals surface area contributed by atoms with Gasteiger partial charge in [-0.15, -0.1) is 0 Å². The van der Waals surface area contributed by atoms with Crippen LogP contribution in [0.5, 0.6) is 0 Å². The van der Waals surface area contributed by atoms with Gasteiger partial charge in [0.05, 0.1) is 0 Å². The molecular weight excluding hydrogens is 906 g/mol. The van der Waals surface area contributed by atoms with Gasteiger partial charge in [0.1, 0.15) is 0 Å². The average molecular weight is 934 g/mol. The molecule has 0 radical (unpaired) electrons. The van der Waals surface area contributed by atoms with Crippen LogP contribution < -0.4 is 21.2 Å². The first kappa shape index (κ1) is 27.7. The minimum absolute atomic E-state index is 1.21. The molecule has 0 aromatic heterocycles. The Morgan fingerprint density at radius 3 is 0.765 bits per heavy atom. The molecule has 6 heteroatoms. The van der Waals surface area contributed by atoms with Crippen LogP contribution in [0, 0.1) is 0 Å². The predicted molar refractivity (Wildman–Crippen MR) is 193 cm³/mol. The molecule has 0 aliphatic carbocycles. The van der Waals surface area contributed by atoms with Gasteiger partial charge < -0.3 is 0 Å². The Morgan fingerprint density at radius 1 is 0.353 bits per heavy atom. The van der Waals surface area contributed by atoms with Crippen molar-refractivity contribution in [1.82, 2.24) is 0 Å². The molecule has 178 valence electrons. The number of hydrogen-bond donors (Lipinski definition) is 0. The van der Waals surface area contributed by atoms with Crippen molar-refractivity contribution in [3.63, 3.8) is 0 Å². The summed E-state index contributed by atoms with van der Waals surface area (Å²) in [5.74, 6) is 0. The number of unbranched alkanes of at least 4 members (excludes halogenated alkanes) is 1. The van der Waals surface area contributed by atoms with E-state index in [1.165, 1.54) is 46.4 Å². The first-order chi connectivity index (χ1) is 16.2. The van der Waals surface area contributed by atoms with E-state index >= 15 is 0 Å². The van der Waals surface area contributed by atoms with Crippen molar-refractivity contribution >= 4 is 113 Å². The van der Waals surface area contributed by atoms with Gasteiger partial charge in [0.2, 0.25) is 0 Å². The zero-order valence-corrected chi connectivity index (χ0v) is 29.2. The molecule has 0 bridgehead atoms. The summed E-state index contributed by atoms with van der Waals surface area (Å²) in [6.45, 7) is 0. The maximum absolute atomic E-state index is 2.85. The van der Waals surface area contributed by atoms with E-state index in [-0.39, 0.29) is 0 Å². The van der Waals surface area contributed by atoms with E-state index in [1.807, 2.05) is 0 Å². The second-order valence-electron chi connectivity index (χ2n) is 8.63. The van der Waals surface area contributed by atoms with Crippen molar-refractivity contribution in [3.8, 4) is 0 Å². The van der Waals surface area contributed by atoms with Crippen LogP contribution >= 0.6 is 91.9 Å². The third-order valence-electron chi connectivity index (χ3n) is 6.40. The molecule has 0 unspecified atom stereocenters. The fourth-order valence-electron chi connectivity index (χ4n) is 4.48. The predicted octanol–water partition coefficient (Wildman–Crippen LogP) is 9.58. The molecule has 0 aliphatic heterocycles. The monoisotopic (exact) mass is 934 g/mol.